The summed E-state index contributed by atoms with van der Waals surface area (Å²) in [6, 6.07) is 62.1. The van der Waals surface area contributed by atoms with Gasteiger partial charge in [0.1, 0.15) is 0 Å². The van der Waals surface area contributed by atoms with Crippen LogP contribution in [0.5, 0.6) is 0 Å². The second-order valence-corrected chi connectivity index (χ2v) is 17.4. The Hall–Kier alpha value is -7.69. The van der Waals surface area contributed by atoms with Crippen molar-refractivity contribution in [2.24, 2.45) is 4.99 Å². The van der Waals surface area contributed by atoms with Gasteiger partial charge in [0.25, 0.3) is 0 Å². The SMILES string of the molecule is CC=Nc1c(N)c2cc(-c3cccc(-c4ccc5c(c4)-c4cc(-c6cccc(-c7ccc8c(c7)c(N)c(NCC)c7ccccc78)c6)ccc4C5(C)C)c3)ccc2c2ccccc12. The summed E-state index contributed by atoms with van der Waals surface area (Å²) in [5.41, 5.74) is 31.6. The van der Waals surface area contributed by atoms with E-state index >= 15 is 0 Å². The summed E-state index contributed by atoms with van der Waals surface area (Å²) in [7, 11) is 0. The minimum atomic E-state index is -0.123. The van der Waals surface area contributed by atoms with Crippen LogP contribution in [0.2, 0.25) is 0 Å². The first-order valence-corrected chi connectivity index (χ1v) is 21.9. The fourth-order valence-corrected chi connectivity index (χ4v) is 10.3. The molecule has 0 atom stereocenters. The Bertz CT molecular complexity index is 3540. The summed E-state index contributed by atoms with van der Waals surface area (Å²) in [6.07, 6.45) is 1.82. The first-order chi connectivity index (χ1) is 30.7. The highest BCUT2D eigenvalue weighted by atomic mass is 14.9. The number of rotatable bonds is 7. The van der Waals surface area contributed by atoms with Crippen LogP contribution in [0.3, 0.4) is 0 Å². The average molecular weight is 813 g/mol. The van der Waals surface area contributed by atoms with Gasteiger partial charge in [0.15, 0.2) is 0 Å². The first kappa shape index (κ1) is 38.2. The van der Waals surface area contributed by atoms with E-state index in [0.717, 1.165) is 78.2 Å². The number of nitrogens with one attached hydrogen (secondary N) is 1. The Labute approximate surface area is 368 Å². The van der Waals surface area contributed by atoms with E-state index in [1.165, 1.54) is 55.3 Å². The predicted octanol–water partition coefficient (Wildman–Crippen LogP) is 15.6. The molecule has 0 heterocycles. The van der Waals surface area contributed by atoms with Gasteiger partial charge in [-0.3, -0.25) is 4.99 Å². The lowest BCUT2D eigenvalue weighted by Gasteiger charge is -2.21. The Balaban J connectivity index is 0.958. The lowest BCUT2D eigenvalue weighted by atomic mass is 9.82. The van der Waals surface area contributed by atoms with Gasteiger partial charge in [-0.25, -0.2) is 0 Å². The normalized spacial score (nSPS) is 13.0. The van der Waals surface area contributed by atoms with Crippen LogP contribution in [-0.4, -0.2) is 12.8 Å². The van der Waals surface area contributed by atoms with Crippen molar-refractivity contribution < 1.29 is 0 Å². The van der Waals surface area contributed by atoms with Crippen molar-refractivity contribution in [2.75, 3.05) is 23.3 Å². The monoisotopic (exact) mass is 812 g/mol. The summed E-state index contributed by atoms with van der Waals surface area (Å²) < 4.78 is 0. The number of hydrogen-bond acceptors (Lipinski definition) is 4. The second-order valence-electron chi connectivity index (χ2n) is 17.4. The van der Waals surface area contributed by atoms with E-state index in [1.807, 2.05) is 19.2 Å². The summed E-state index contributed by atoms with van der Waals surface area (Å²) in [4.78, 5) is 4.71. The maximum absolute atomic E-state index is 6.91. The Morgan fingerprint density at radius 1 is 0.444 bits per heavy atom. The lowest BCUT2D eigenvalue weighted by Crippen LogP contribution is -2.14. The maximum atomic E-state index is 6.91. The van der Waals surface area contributed by atoms with Gasteiger partial charge in [-0.1, -0.05) is 147 Å². The van der Waals surface area contributed by atoms with E-state index in [9.17, 15) is 0 Å². The minimum absolute atomic E-state index is 0.123. The van der Waals surface area contributed by atoms with E-state index in [-0.39, 0.29) is 5.41 Å². The lowest BCUT2D eigenvalue weighted by molar-refractivity contribution is 0.660. The number of aliphatic imine (C=N–C) groups is 1. The van der Waals surface area contributed by atoms with Crippen molar-refractivity contribution in [2.45, 2.75) is 33.1 Å². The van der Waals surface area contributed by atoms with Crippen LogP contribution in [0, 0.1) is 0 Å². The molecule has 1 aliphatic rings. The van der Waals surface area contributed by atoms with Crippen LogP contribution in [0.4, 0.5) is 22.7 Å². The zero-order valence-corrected chi connectivity index (χ0v) is 36.1. The van der Waals surface area contributed by atoms with Gasteiger partial charge in [0.2, 0.25) is 0 Å². The Kier molecular flexibility index (Phi) is 8.95. The second kappa shape index (κ2) is 14.7. The molecule has 0 saturated carbocycles. The topological polar surface area (TPSA) is 76.4 Å². The molecule has 10 aromatic rings. The third-order valence-corrected chi connectivity index (χ3v) is 13.4. The van der Waals surface area contributed by atoms with Crippen LogP contribution in [0.15, 0.2) is 175 Å². The molecule has 1 aliphatic carbocycles. The van der Waals surface area contributed by atoms with Crippen molar-refractivity contribution in [3.8, 4) is 55.6 Å². The molecule has 4 nitrogen and oxygen atoms in total. The molecule has 5 N–H and O–H groups in total. The molecule has 11 rings (SSSR count). The molecular weight excluding hydrogens is 765 g/mol. The molecule has 0 radical (unpaired) electrons. The van der Waals surface area contributed by atoms with Crippen molar-refractivity contribution in [3.63, 3.8) is 0 Å². The standard InChI is InChI=1S/C59H48N4/c1-5-62-57-47-19-9-7-17-43(47)45-25-21-39(33-51(45)55(57)60)35-13-11-15-37(29-35)41-23-27-53-49(31-41)50-32-42(24-28-54(50)59(53,3)4)38-16-12-14-36(30-38)40-22-26-46-44-18-8-10-20-48(44)58(63-6-2)56(61)52(46)34-40/h5,7-34,63H,6,60-61H2,1-4H3. The summed E-state index contributed by atoms with van der Waals surface area (Å²) >= 11 is 0. The maximum Gasteiger partial charge on any atom is 0.0939 e. The quantitative estimate of drug-likeness (QED) is 0.0649. The highest BCUT2D eigenvalue weighted by molar-refractivity contribution is 6.21. The molecule has 0 fully saturated rings. The van der Waals surface area contributed by atoms with Gasteiger partial charge in [-0.2, -0.15) is 0 Å². The van der Waals surface area contributed by atoms with Crippen LogP contribution >= 0.6 is 0 Å². The summed E-state index contributed by atoms with van der Waals surface area (Å²) in [5, 5.41) is 12.5. The molecule has 4 heteroatoms. The van der Waals surface area contributed by atoms with Crippen LogP contribution in [-0.2, 0) is 5.41 Å². The van der Waals surface area contributed by atoms with Crippen LogP contribution in [0.25, 0.3) is 98.7 Å². The first-order valence-electron chi connectivity index (χ1n) is 21.9. The van der Waals surface area contributed by atoms with E-state index in [1.54, 1.807) is 0 Å². The van der Waals surface area contributed by atoms with E-state index in [0.29, 0.717) is 5.69 Å². The van der Waals surface area contributed by atoms with E-state index < -0.39 is 0 Å². The largest absolute Gasteiger partial charge is 0.397 e. The van der Waals surface area contributed by atoms with Crippen LogP contribution < -0.4 is 16.8 Å². The van der Waals surface area contributed by atoms with Gasteiger partial charge < -0.3 is 16.8 Å². The third-order valence-electron chi connectivity index (χ3n) is 13.4. The van der Waals surface area contributed by atoms with Crippen LogP contribution in [0.1, 0.15) is 38.8 Å². The van der Waals surface area contributed by atoms with Gasteiger partial charge in [0.05, 0.1) is 22.7 Å². The highest BCUT2D eigenvalue weighted by Crippen LogP contribution is 2.51. The van der Waals surface area contributed by atoms with Crippen molar-refractivity contribution in [3.05, 3.63) is 181 Å². The zero-order valence-electron chi connectivity index (χ0n) is 36.1. The zero-order chi connectivity index (χ0) is 43.0. The van der Waals surface area contributed by atoms with Gasteiger partial charge >= 0.3 is 0 Å². The molecule has 63 heavy (non-hydrogen) atoms. The summed E-state index contributed by atoms with van der Waals surface area (Å²) in [6.45, 7) is 9.54. The molecule has 0 unspecified atom stereocenters. The van der Waals surface area contributed by atoms with E-state index in [4.69, 9.17) is 16.5 Å². The third kappa shape index (κ3) is 6.08. The molecule has 0 bridgehead atoms. The minimum Gasteiger partial charge on any atom is -0.397 e. The molecule has 0 aromatic heterocycles. The van der Waals surface area contributed by atoms with Gasteiger partial charge in [0, 0.05) is 39.7 Å². The summed E-state index contributed by atoms with van der Waals surface area (Å²) in [5.74, 6) is 0. The van der Waals surface area contributed by atoms with Gasteiger partial charge in [-0.15, -0.1) is 0 Å². The van der Waals surface area contributed by atoms with Crippen molar-refractivity contribution in [1.29, 1.82) is 0 Å². The van der Waals surface area contributed by atoms with Crippen molar-refractivity contribution >= 4 is 72.1 Å². The van der Waals surface area contributed by atoms with Crippen molar-refractivity contribution in [1.82, 2.24) is 0 Å². The average Bonchev–Trinajstić information content (AvgIpc) is 3.56. The number of nitrogens with zero attached hydrogens (tertiary/aromatic N) is 1. The Morgan fingerprint density at radius 3 is 1.37 bits per heavy atom. The van der Waals surface area contributed by atoms with E-state index in [2.05, 4.69) is 190 Å². The molecule has 0 spiro atoms. The number of nitrogen functional groups attached to an aromatic ring is 2. The predicted molar refractivity (Wildman–Crippen MR) is 273 cm³/mol. The molecular formula is C59H48N4. The number of nitrogens with two attached hydrogens (primary N) is 2. The Morgan fingerprint density at radius 2 is 0.857 bits per heavy atom. The smallest absolute Gasteiger partial charge is 0.0939 e. The molecule has 304 valence electrons. The molecule has 10 aromatic carbocycles. The number of fused-ring (bicyclic) bond motifs is 9. The fourth-order valence-electron chi connectivity index (χ4n) is 10.3. The molecule has 0 saturated heterocycles. The number of benzene rings is 10. The highest BCUT2D eigenvalue weighted by Gasteiger charge is 2.35. The molecule has 0 amide bonds. The number of hydrogen-bond donors (Lipinski definition) is 3. The number of anilines is 3. The molecule has 0 aliphatic heterocycles. The fraction of sp³-hybridized carbons (Fsp3) is 0.102. The van der Waals surface area contributed by atoms with Gasteiger partial charge in [-0.05, 0) is 139 Å².